The van der Waals surface area contributed by atoms with Crippen LogP contribution in [0.1, 0.15) is 30.5 Å². The van der Waals surface area contributed by atoms with E-state index in [4.69, 9.17) is 4.98 Å². The molecule has 2 aliphatic heterocycles. The molecule has 2 aliphatic rings. The van der Waals surface area contributed by atoms with Gasteiger partial charge in [0.25, 0.3) is 0 Å². The Balaban J connectivity index is 1.43. The van der Waals surface area contributed by atoms with Crippen LogP contribution in [0.4, 0.5) is 20.5 Å². The first kappa shape index (κ1) is 21.9. The van der Waals surface area contributed by atoms with E-state index in [-0.39, 0.29) is 18.7 Å². The summed E-state index contributed by atoms with van der Waals surface area (Å²) in [7, 11) is -3.68. The molecule has 10 heteroatoms. The highest BCUT2D eigenvalue weighted by Crippen LogP contribution is 2.23. The van der Waals surface area contributed by atoms with Crippen molar-refractivity contribution < 1.29 is 17.2 Å². The van der Waals surface area contributed by atoms with Crippen molar-refractivity contribution in [2.45, 2.75) is 31.9 Å². The van der Waals surface area contributed by atoms with Crippen LogP contribution in [-0.4, -0.2) is 62.0 Å². The zero-order valence-corrected chi connectivity index (χ0v) is 18.4. The number of benzene rings is 1. The molecule has 0 amide bonds. The molecule has 4 rings (SSSR count). The lowest BCUT2D eigenvalue weighted by Gasteiger charge is -2.35. The third-order valence-corrected chi connectivity index (χ3v) is 7.55. The van der Waals surface area contributed by atoms with E-state index in [0.717, 1.165) is 55.6 Å². The molecule has 2 saturated heterocycles. The van der Waals surface area contributed by atoms with Gasteiger partial charge in [0.05, 0.1) is 5.75 Å². The van der Waals surface area contributed by atoms with Crippen LogP contribution in [0.25, 0.3) is 0 Å². The van der Waals surface area contributed by atoms with Gasteiger partial charge in [-0.3, -0.25) is 0 Å². The van der Waals surface area contributed by atoms with E-state index < -0.39 is 27.4 Å². The zero-order chi connectivity index (χ0) is 22.0. The van der Waals surface area contributed by atoms with Crippen molar-refractivity contribution in [1.82, 2.24) is 14.3 Å². The number of sulfonamides is 1. The van der Waals surface area contributed by atoms with Gasteiger partial charge in [-0.25, -0.2) is 22.2 Å². The lowest BCUT2D eigenvalue weighted by molar-refractivity contribution is 0.382. The summed E-state index contributed by atoms with van der Waals surface area (Å²) in [4.78, 5) is 13.6. The van der Waals surface area contributed by atoms with Gasteiger partial charge in [-0.15, -0.1) is 0 Å². The maximum Gasteiger partial charge on any atom is 0.227 e. The van der Waals surface area contributed by atoms with Crippen LogP contribution in [0.2, 0.25) is 0 Å². The molecule has 1 aromatic heterocycles. The molecule has 31 heavy (non-hydrogen) atoms. The van der Waals surface area contributed by atoms with Gasteiger partial charge in [0.2, 0.25) is 16.0 Å². The van der Waals surface area contributed by atoms with E-state index in [1.165, 1.54) is 10.7 Å². The molecule has 0 atom stereocenters. The zero-order valence-electron chi connectivity index (χ0n) is 17.6. The van der Waals surface area contributed by atoms with E-state index >= 15 is 0 Å². The molecule has 0 aliphatic carbocycles. The molecule has 168 valence electrons. The van der Waals surface area contributed by atoms with Crippen molar-refractivity contribution in [3.05, 3.63) is 47.2 Å². The molecule has 2 fully saturated rings. The van der Waals surface area contributed by atoms with E-state index in [1.807, 2.05) is 17.9 Å². The Morgan fingerprint density at radius 1 is 0.839 bits per heavy atom. The SMILES string of the molecule is Cc1cc(N2CCCCC2)nc(N2CCN(S(=O)(=O)Cc3cc(F)cc(F)c3)CC2)n1. The minimum Gasteiger partial charge on any atom is -0.356 e. The molecule has 0 saturated carbocycles. The first-order valence-corrected chi connectivity index (χ1v) is 12.2. The van der Waals surface area contributed by atoms with Crippen LogP contribution in [0, 0.1) is 18.6 Å². The maximum absolute atomic E-state index is 13.4. The van der Waals surface area contributed by atoms with Crippen molar-refractivity contribution in [3.63, 3.8) is 0 Å². The van der Waals surface area contributed by atoms with Crippen LogP contribution in [0.5, 0.6) is 0 Å². The molecule has 0 radical (unpaired) electrons. The fourth-order valence-corrected chi connectivity index (χ4v) is 5.62. The first-order chi connectivity index (χ1) is 14.8. The summed E-state index contributed by atoms with van der Waals surface area (Å²) in [6.07, 6.45) is 3.56. The number of halogens is 2. The topological polar surface area (TPSA) is 69.6 Å². The standard InChI is InChI=1S/C21H27F2N5O2S/c1-16-11-20(26-5-3-2-4-6-26)25-21(24-16)27-7-9-28(10-8-27)31(29,30)15-17-12-18(22)14-19(23)13-17/h11-14H,2-10,15H2,1H3. The summed E-state index contributed by atoms with van der Waals surface area (Å²) < 4.78 is 53.7. The number of piperidine rings is 1. The summed E-state index contributed by atoms with van der Waals surface area (Å²) in [6, 6.07) is 4.84. The highest BCUT2D eigenvalue weighted by Gasteiger charge is 2.29. The number of hydrogen-bond acceptors (Lipinski definition) is 6. The number of aryl methyl sites for hydroxylation is 1. The van der Waals surface area contributed by atoms with Crippen molar-refractivity contribution in [2.24, 2.45) is 0 Å². The van der Waals surface area contributed by atoms with E-state index in [2.05, 4.69) is 9.88 Å². The Labute approximate surface area is 181 Å². The van der Waals surface area contributed by atoms with Gasteiger partial charge < -0.3 is 9.80 Å². The van der Waals surface area contributed by atoms with Crippen LogP contribution in [0.3, 0.4) is 0 Å². The molecule has 0 bridgehead atoms. The van der Waals surface area contributed by atoms with Gasteiger partial charge in [-0.1, -0.05) is 0 Å². The molecule has 0 unspecified atom stereocenters. The third kappa shape index (κ3) is 5.30. The lowest BCUT2D eigenvalue weighted by atomic mass is 10.1. The number of hydrogen-bond donors (Lipinski definition) is 0. The largest absolute Gasteiger partial charge is 0.356 e. The van der Waals surface area contributed by atoms with Crippen LogP contribution >= 0.6 is 0 Å². The Hall–Kier alpha value is -2.33. The summed E-state index contributed by atoms with van der Waals surface area (Å²) >= 11 is 0. The predicted molar refractivity (Wildman–Crippen MR) is 116 cm³/mol. The van der Waals surface area contributed by atoms with Crippen molar-refractivity contribution in [3.8, 4) is 0 Å². The molecular formula is C21H27F2N5O2S. The Morgan fingerprint density at radius 2 is 1.48 bits per heavy atom. The smallest absolute Gasteiger partial charge is 0.227 e. The van der Waals surface area contributed by atoms with Crippen molar-refractivity contribution >= 4 is 21.8 Å². The average Bonchev–Trinajstić information content (AvgIpc) is 2.73. The van der Waals surface area contributed by atoms with Gasteiger partial charge in [-0.05, 0) is 43.9 Å². The van der Waals surface area contributed by atoms with Gasteiger partial charge in [0, 0.05) is 57.1 Å². The number of piperazine rings is 1. The minimum absolute atomic E-state index is 0.105. The summed E-state index contributed by atoms with van der Waals surface area (Å²) in [5.74, 6) is -0.454. The summed E-state index contributed by atoms with van der Waals surface area (Å²) in [6.45, 7) is 5.38. The second-order valence-corrected chi connectivity index (χ2v) is 10.1. The molecule has 3 heterocycles. The highest BCUT2D eigenvalue weighted by molar-refractivity contribution is 7.88. The molecule has 7 nitrogen and oxygen atoms in total. The summed E-state index contributed by atoms with van der Waals surface area (Å²) in [5, 5.41) is 0. The molecular weight excluding hydrogens is 424 g/mol. The quantitative estimate of drug-likeness (QED) is 0.696. The van der Waals surface area contributed by atoms with E-state index in [0.29, 0.717) is 19.0 Å². The Bertz CT molecular complexity index is 1020. The first-order valence-electron chi connectivity index (χ1n) is 10.6. The van der Waals surface area contributed by atoms with Crippen LogP contribution in [-0.2, 0) is 15.8 Å². The van der Waals surface area contributed by atoms with Crippen molar-refractivity contribution in [1.29, 1.82) is 0 Å². The van der Waals surface area contributed by atoms with E-state index in [1.54, 1.807) is 0 Å². The molecule has 0 N–H and O–H groups in total. The fourth-order valence-electron chi connectivity index (χ4n) is 4.13. The number of rotatable bonds is 5. The third-order valence-electron chi connectivity index (χ3n) is 5.70. The highest BCUT2D eigenvalue weighted by atomic mass is 32.2. The van der Waals surface area contributed by atoms with Gasteiger partial charge in [0.1, 0.15) is 17.5 Å². The monoisotopic (exact) mass is 451 g/mol. The normalized spacial score (nSPS) is 18.4. The lowest BCUT2D eigenvalue weighted by Crippen LogP contribution is -2.49. The molecule has 2 aromatic rings. The maximum atomic E-state index is 13.4. The second kappa shape index (κ2) is 9.04. The molecule has 0 spiro atoms. The van der Waals surface area contributed by atoms with Crippen LogP contribution in [0.15, 0.2) is 24.3 Å². The molecule has 1 aromatic carbocycles. The Morgan fingerprint density at radius 3 is 2.13 bits per heavy atom. The van der Waals surface area contributed by atoms with Crippen LogP contribution < -0.4 is 9.80 Å². The Kier molecular flexibility index (Phi) is 6.38. The van der Waals surface area contributed by atoms with Gasteiger partial charge in [0.15, 0.2) is 0 Å². The number of aromatic nitrogens is 2. The summed E-state index contributed by atoms with van der Waals surface area (Å²) in [5.41, 5.74) is 0.988. The van der Waals surface area contributed by atoms with Gasteiger partial charge >= 0.3 is 0 Å². The minimum atomic E-state index is -3.68. The van der Waals surface area contributed by atoms with Gasteiger partial charge in [-0.2, -0.15) is 9.29 Å². The van der Waals surface area contributed by atoms with Crippen molar-refractivity contribution in [2.75, 3.05) is 49.1 Å². The second-order valence-electron chi connectivity index (χ2n) is 8.14. The average molecular weight is 452 g/mol. The number of anilines is 2. The number of nitrogens with zero attached hydrogens (tertiary/aromatic N) is 5. The van der Waals surface area contributed by atoms with E-state index in [9.17, 15) is 17.2 Å². The fraction of sp³-hybridized carbons (Fsp3) is 0.524. The predicted octanol–water partition coefficient (Wildman–Crippen LogP) is 2.71.